The fourth-order valence-electron chi connectivity index (χ4n) is 3.12. The molecular formula is C15H27N3. The lowest BCUT2D eigenvalue weighted by Crippen LogP contribution is -2.28. The Morgan fingerprint density at radius 1 is 1.33 bits per heavy atom. The molecule has 102 valence electrons. The number of nitrogens with zero attached hydrogens (tertiary/aromatic N) is 2. The molecular weight excluding hydrogens is 222 g/mol. The SMILES string of the molecule is CCNC(c1cc(C)n(C)n1)C1CCCCCC1. The van der Waals surface area contributed by atoms with E-state index in [4.69, 9.17) is 0 Å². The molecule has 1 aliphatic rings. The van der Waals surface area contributed by atoms with Crippen LogP contribution >= 0.6 is 0 Å². The van der Waals surface area contributed by atoms with E-state index in [1.165, 1.54) is 49.9 Å². The van der Waals surface area contributed by atoms with Crippen molar-refractivity contribution in [3.8, 4) is 0 Å². The van der Waals surface area contributed by atoms with Crippen LogP contribution in [-0.2, 0) is 7.05 Å². The summed E-state index contributed by atoms with van der Waals surface area (Å²) in [6.45, 7) is 5.35. The molecule has 1 aromatic rings. The van der Waals surface area contributed by atoms with Crippen molar-refractivity contribution in [3.63, 3.8) is 0 Å². The zero-order chi connectivity index (χ0) is 13.0. The Labute approximate surface area is 111 Å². The monoisotopic (exact) mass is 249 g/mol. The van der Waals surface area contributed by atoms with E-state index >= 15 is 0 Å². The van der Waals surface area contributed by atoms with Crippen LogP contribution in [0.3, 0.4) is 0 Å². The van der Waals surface area contributed by atoms with E-state index < -0.39 is 0 Å². The number of hydrogen-bond donors (Lipinski definition) is 1. The van der Waals surface area contributed by atoms with Crippen molar-refractivity contribution in [2.45, 2.75) is 58.4 Å². The minimum atomic E-state index is 0.452. The molecule has 3 heteroatoms. The fraction of sp³-hybridized carbons (Fsp3) is 0.800. The summed E-state index contributed by atoms with van der Waals surface area (Å²) in [4.78, 5) is 0. The first-order valence-electron chi connectivity index (χ1n) is 7.46. The van der Waals surface area contributed by atoms with E-state index in [9.17, 15) is 0 Å². The van der Waals surface area contributed by atoms with Crippen LogP contribution in [0.5, 0.6) is 0 Å². The van der Waals surface area contributed by atoms with Crippen molar-refractivity contribution in [2.24, 2.45) is 13.0 Å². The van der Waals surface area contributed by atoms with Crippen LogP contribution in [0, 0.1) is 12.8 Å². The second kappa shape index (κ2) is 6.37. The number of aromatic nitrogens is 2. The molecule has 0 amide bonds. The Morgan fingerprint density at radius 3 is 2.50 bits per heavy atom. The molecule has 0 radical (unpaired) electrons. The van der Waals surface area contributed by atoms with Gasteiger partial charge in [-0.2, -0.15) is 5.10 Å². The molecule has 0 bridgehead atoms. The molecule has 1 unspecified atom stereocenters. The van der Waals surface area contributed by atoms with Gasteiger partial charge in [-0.05, 0) is 38.3 Å². The van der Waals surface area contributed by atoms with Gasteiger partial charge in [0.1, 0.15) is 0 Å². The average Bonchev–Trinajstić information content (AvgIpc) is 2.60. The van der Waals surface area contributed by atoms with Crippen LogP contribution in [0.2, 0.25) is 0 Å². The van der Waals surface area contributed by atoms with E-state index in [1.807, 2.05) is 11.7 Å². The molecule has 0 aromatic carbocycles. The number of hydrogen-bond acceptors (Lipinski definition) is 2. The van der Waals surface area contributed by atoms with Gasteiger partial charge in [0, 0.05) is 12.7 Å². The van der Waals surface area contributed by atoms with Crippen LogP contribution in [-0.4, -0.2) is 16.3 Å². The molecule has 0 spiro atoms. The Bertz CT molecular complexity index is 342. The topological polar surface area (TPSA) is 29.9 Å². The number of aryl methyl sites for hydroxylation is 2. The predicted molar refractivity (Wildman–Crippen MR) is 75.6 cm³/mol. The normalized spacial score (nSPS) is 19.7. The quantitative estimate of drug-likeness (QED) is 0.829. The summed E-state index contributed by atoms with van der Waals surface area (Å²) in [6.07, 6.45) is 8.31. The minimum absolute atomic E-state index is 0.452. The zero-order valence-electron chi connectivity index (χ0n) is 12.1. The highest BCUT2D eigenvalue weighted by atomic mass is 15.3. The predicted octanol–water partition coefficient (Wildman–Crippen LogP) is 3.35. The summed E-state index contributed by atoms with van der Waals surface area (Å²) in [6, 6.07) is 2.70. The first kappa shape index (κ1) is 13.6. The zero-order valence-corrected chi connectivity index (χ0v) is 12.1. The molecule has 1 saturated carbocycles. The number of nitrogens with one attached hydrogen (secondary N) is 1. The van der Waals surface area contributed by atoms with Gasteiger partial charge in [0.25, 0.3) is 0 Å². The smallest absolute Gasteiger partial charge is 0.0799 e. The third kappa shape index (κ3) is 3.14. The summed E-state index contributed by atoms with van der Waals surface area (Å²) in [7, 11) is 2.04. The maximum Gasteiger partial charge on any atom is 0.0799 e. The van der Waals surface area contributed by atoms with Crippen molar-refractivity contribution in [2.75, 3.05) is 6.54 Å². The molecule has 3 nitrogen and oxygen atoms in total. The molecule has 1 aliphatic carbocycles. The Morgan fingerprint density at radius 2 is 2.00 bits per heavy atom. The molecule has 1 N–H and O–H groups in total. The van der Waals surface area contributed by atoms with Crippen molar-refractivity contribution in [1.29, 1.82) is 0 Å². The highest BCUT2D eigenvalue weighted by molar-refractivity contribution is 5.13. The standard InChI is InChI=1S/C15H27N3/c1-4-16-15(13-9-7-5-6-8-10-13)14-11-12(2)18(3)17-14/h11,13,15-16H,4-10H2,1-3H3. The van der Waals surface area contributed by atoms with Crippen LogP contribution in [0.15, 0.2) is 6.07 Å². The van der Waals surface area contributed by atoms with Gasteiger partial charge in [-0.1, -0.05) is 32.6 Å². The van der Waals surface area contributed by atoms with E-state index in [2.05, 4.69) is 30.3 Å². The summed E-state index contributed by atoms with van der Waals surface area (Å²) in [5.74, 6) is 0.766. The first-order valence-corrected chi connectivity index (χ1v) is 7.46. The van der Waals surface area contributed by atoms with E-state index in [-0.39, 0.29) is 0 Å². The molecule has 1 aromatic heterocycles. The van der Waals surface area contributed by atoms with Crippen LogP contribution in [0.1, 0.15) is 62.9 Å². The lowest BCUT2D eigenvalue weighted by Gasteiger charge is -2.25. The molecule has 2 rings (SSSR count). The summed E-state index contributed by atoms with van der Waals surface area (Å²) in [5.41, 5.74) is 2.49. The minimum Gasteiger partial charge on any atom is -0.309 e. The van der Waals surface area contributed by atoms with Crippen LogP contribution < -0.4 is 5.32 Å². The van der Waals surface area contributed by atoms with E-state index in [0.717, 1.165) is 12.5 Å². The third-order valence-electron chi connectivity index (χ3n) is 4.25. The Hall–Kier alpha value is -0.830. The highest BCUT2D eigenvalue weighted by Gasteiger charge is 2.25. The summed E-state index contributed by atoms with van der Waals surface area (Å²) in [5, 5.41) is 8.35. The van der Waals surface area contributed by atoms with Crippen molar-refractivity contribution in [3.05, 3.63) is 17.5 Å². The van der Waals surface area contributed by atoms with Crippen molar-refractivity contribution in [1.82, 2.24) is 15.1 Å². The van der Waals surface area contributed by atoms with Gasteiger partial charge in [-0.3, -0.25) is 4.68 Å². The molecule has 1 atom stereocenters. The first-order chi connectivity index (χ1) is 8.72. The van der Waals surface area contributed by atoms with Gasteiger partial charge in [0.15, 0.2) is 0 Å². The molecule has 1 heterocycles. The molecule has 0 saturated heterocycles. The fourth-order valence-corrected chi connectivity index (χ4v) is 3.12. The molecule has 0 aliphatic heterocycles. The van der Waals surface area contributed by atoms with Crippen LogP contribution in [0.25, 0.3) is 0 Å². The van der Waals surface area contributed by atoms with Gasteiger partial charge in [-0.25, -0.2) is 0 Å². The van der Waals surface area contributed by atoms with Gasteiger partial charge in [0.2, 0.25) is 0 Å². The lowest BCUT2D eigenvalue weighted by atomic mass is 9.89. The lowest BCUT2D eigenvalue weighted by molar-refractivity contribution is 0.323. The maximum absolute atomic E-state index is 4.69. The second-order valence-corrected chi connectivity index (χ2v) is 5.62. The second-order valence-electron chi connectivity index (χ2n) is 5.62. The summed E-state index contributed by atoms with van der Waals surface area (Å²) >= 11 is 0. The van der Waals surface area contributed by atoms with Crippen molar-refractivity contribution < 1.29 is 0 Å². The number of rotatable bonds is 4. The van der Waals surface area contributed by atoms with Crippen molar-refractivity contribution >= 4 is 0 Å². The average molecular weight is 249 g/mol. The van der Waals surface area contributed by atoms with E-state index in [0.29, 0.717) is 6.04 Å². The highest BCUT2D eigenvalue weighted by Crippen LogP contribution is 2.33. The Balaban J connectivity index is 2.15. The largest absolute Gasteiger partial charge is 0.309 e. The molecule has 1 fully saturated rings. The third-order valence-corrected chi connectivity index (χ3v) is 4.25. The van der Waals surface area contributed by atoms with Gasteiger partial charge >= 0.3 is 0 Å². The van der Waals surface area contributed by atoms with Crippen LogP contribution in [0.4, 0.5) is 0 Å². The molecule has 18 heavy (non-hydrogen) atoms. The maximum atomic E-state index is 4.69. The van der Waals surface area contributed by atoms with Gasteiger partial charge in [-0.15, -0.1) is 0 Å². The van der Waals surface area contributed by atoms with Gasteiger partial charge < -0.3 is 5.32 Å². The van der Waals surface area contributed by atoms with E-state index in [1.54, 1.807) is 0 Å². The summed E-state index contributed by atoms with van der Waals surface area (Å²) < 4.78 is 2.00. The van der Waals surface area contributed by atoms with Gasteiger partial charge in [0.05, 0.1) is 11.7 Å². The Kier molecular flexibility index (Phi) is 4.81.